The van der Waals surface area contributed by atoms with E-state index in [0.717, 1.165) is 12.1 Å². The molecule has 0 heterocycles. The van der Waals surface area contributed by atoms with Gasteiger partial charge >= 0.3 is 12.1 Å². The van der Waals surface area contributed by atoms with Gasteiger partial charge < -0.3 is 9.64 Å². The molecular weight excluding hydrogens is 449 g/mol. The predicted octanol–water partition coefficient (Wildman–Crippen LogP) is 3.78. The monoisotopic (exact) mass is 472 g/mol. The van der Waals surface area contributed by atoms with Gasteiger partial charge in [0.25, 0.3) is 15.9 Å². The maximum absolute atomic E-state index is 12.8. The number of rotatable bonds is 8. The van der Waals surface area contributed by atoms with Crippen LogP contribution in [0.15, 0.2) is 53.4 Å². The number of alkyl halides is 3. The van der Waals surface area contributed by atoms with E-state index in [1.165, 1.54) is 42.3 Å². The predicted molar refractivity (Wildman–Crippen MR) is 111 cm³/mol. The molecule has 1 atom stereocenters. The fourth-order valence-corrected chi connectivity index (χ4v) is 3.94. The van der Waals surface area contributed by atoms with E-state index in [-0.39, 0.29) is 22.7 Å². The molecule has 1 amide bonds. The van der Waals surface area contributed by atoms with Crippen molar-refractivity contribution in [2.24, 2.45) is 5.92 Å². The van der Waals surface area contributed by atoms with Gasteiger partial charge in [-0.2, -0.15) is 13.2 Å². The quantitative estimate of drug-likeness (QED) is 0.591. The van der Waals surface area contributed by atoms with Crippen LogP contribution in [-0.4, -0.2) is 45.4 Å². The Morgan fingerprint density at radius 2 is 1.75 bits per heavy atom. The number of carbonyl (C=O) groups is 2. The molecule has 7 nitrogen and oxygen atoms in total. The molecule has 0 bridgehead atoms. The molecule has 0 aromatic heterocycles. The minimum atomic E-state index is -4.61. The third-order valence-electron chi connectivity index (χ3n) is 4.62. The fourth-order valence-electron chi connectivity index (χ4n) is 2.89. The molecule has 0 saturated carbocycles. The Morgan fingerprint density at radius 3 is 2.28 bits per heavy atom. The topological polar surface area (TPSA) is 92.8 Å². The van der Waals surface area contributed by atoms with Crippen LogP contribution >= 0.6 is 0 Å². The van der Waals surface area contributed by atoms with Crippen molar-refractivity contribution in [3.8, 4) is 0 Å². The van der Waals surface area contributed by atoms with E-state index >= 15 is 0 Å². The number of nitrogens with zero attached hydrogens (tertiary/aromatic N) is 1. The lowest BCUT2D eigenvalue weighted by Crippen LogP contribution is -2.37. The molecule has 1 unspecified atom stereocenters. The smallest absolute Gasteiger partial charge is 0.416 e. The summed E-state index contributed by atoms with van der Waals surface area (Å²) in [5.41, 5.74) is -1.03. The molecule has 11 heteroatoms. The van der Waals surface area contributed by atoms with Gasteiger partial charge in [-0.1, -0.05) is 13.0 Å². The van der Waals surface area contributed by atoms with Gasteiger partial charge in [0.05, 0.1) is 23.5 Å². The largest absolute Gasteiger partial charge is 0.469 e. The molecule has 0 spiro atoms. The van der Waals surface area contributed by atoms with Crippen molar-refractivity contribution in [3.63, 3.8) is 0 Å². The van der Waals surface area contributed by atoms with Crippen LogP contribution in [0.5, 0.6) is 0 Å². The Labute approximate surface area is 184 Å². The first-order chi connectivity index (χ1) is 14.9. The first-order valence-electron chi connectivity index (χ1n) is 9.56. The highest BCUT2D eigenvalue weighted by molar-refractivity contribution is 7.92. The number of methoxy groups -OCH3 is 1. The van der Waals surface area contributed by atoms with Crippen LogP contribution in [0.1, 0.15) is 29.8 Å². The zero-order chi connectivity index (χ0) is 24.1. The summed E-state index contributed by atoms with van der Waals surface area (Å²) in [6, 6.07) is 8.78. The number of hydrogen-bond acceptors (Lipinski definition) is 5. The van der Waals surface area contributed by atoms with Gasteiger partial charge in [-0.25, -0.2) is 8.42 Å². The number of anilines is 1. The Balaban J connectivity index is 2.18. The number of carbonyl (C=O) groups excluding carboxylic acids is 2. The molecule has 0 radical (unpaired) electrons. The molecule has 2 rings (SSSR count). The molecule has 2 aromatic carbocycles. The lowest BCUT2D eigenvalue weighted by molar-refractivity contribution is -0.145. The Morgan fingerprint density at radius 1 is 1.12 bits per heavy atom. The van der Waals surface area contributed by atoms with E-state index in [1.807, 2.05) is 0 Å². The fraction of sp³-hybridized carbons (Fsp3) is 0.333. The van der Waals surface area contributed by atoms with Crippen molar-refractivity contribution in [3.05, 3.63) is 59.7 Å². The number of benzene rings is 2. The number of nitrogens with one attached hydrogen (secondary N) is 1. The third-order valence-corrected chi connectivity index (χ3v) is 6.02. The summed E-state index contributed by atoms with van der Waals surface area (Å²) in [5.74, 6) is -1.41. The van der Waals surface area contributed by atoms with E-state index < -0.39 is 39.6 Å². The van der Waals surface area contributed by atoms with Gasteiger partial charge in [-0.05, 0) is 49.4 Å². The van der Waals surface area contributed by atoms with Gasteiger partial charge in [0.1, 0.15) is 0 Å². The lowest BCUT2D eigenvalue weighted by atomic mass is 10.1. The summed E-state index contributed by atoms with van der Waals surface area (Å²) in [7, 11) is -2.93. The number of halogens is 3. The maximum atomic E-state index is 12.8. The maximum Gasteiger partial charge on any atom is 0.416 e. The number of amides is 1. The summed E-state index contributed by atoms with van der Waals surface area (Å²) in [6.07, 6.45) is -4.61. The SMILES string of the molecule is CCN(CC(C)C(=O)OC)C(=O)c1ccc(S(=O)(=O)Nc2cccc(C(F)(F)F)c2)cc1. The second kappa shape index (κ2) is 10.0. The number of ether oxygens (including phenoxy) is 1. The molecular formula is C21H23F3N2O5S. The van der Waals surface area contributed by atoms with Crippen molar-refractivity contribution in [2.75, 3.05) is 24.9 Å². The van der Waals surface area contributed by atoms with Gasteiger partial charge in [0, 0.05) is 24.3 Å². The first-order valence-corrected chi connectivity index (χ1v) is 11.0. The van der Waals surface area contributed by atoms with Crippen molar-refractivity contribution < 1.29 is 35.9 Å². The second-order valence-electron chi connectivity index (χ2n) is 6.98. The molecule has 0 aliphatic heterocycles. The molecule has 2 aromatic rings. The number of sulfonamides is 1. The van der Waals surface area contributed by atoms with Crippen LogP contribution in [0.2, 0.25) is 0 Å². The van der Waals surface area contributed by atoms with Crippen LogP contribution in [0.3, 0.4) is 0 Å². The van der Waals surface area contributed by atoms with Gasteiger partial charge in [-0.3, -0.25) is 14.3 Å². The molecule has 174 valence electrons. The van der Waals surface area contributed by atoms with Crippen molar-refractivity contribution in [1.29, 1.82) is 0 Å². The van der Waals surface area contributed by atoms with Crippen molar-refractivity contribution >= 4 is 27.6 Å². The molecule has 0 aliphatic rings. The summed E-state index contributed by atoms with van der Waals surface area (Å²) in [6.45, 7) is 3.80. The average molecular weight is 472 g/mol. The molecule has 1 N–H and O–H groups in total. The Hall–Kier alpha value is -3.08. The van der Waals surface area contributed by atoms with Crippen LogP contribution in [0, 0.1) is 5.92 Å². The lowest BCUT2D eigenvalue weighted by Gasteiger charge is -2.23. The van der Waals surface area contributed by atoms with Gasteiger partial charge in [0.15, 0.2) is 0 Å². The van der Waals surface area contributed by atoms with Crippen LogP contribution in [-0.2, 0) is 25.7 Å². The van der Waals surface area contributed by atoms with Crippen LogP contribution in [0.4, 0.5) is 18.9 Å². The minimum absolute atomic E-state index is 0.124. The molecule has 0 aliphatic carbocycles. The van der Waals surface area contributed by atoms with Crippen LogP contribution < -0.4 is 4.72 Å². The van der Waals surface area contributed by atoms with Crippen molar-refractivity contribution in [1.82, 2.24) is 4.90 Å². The van der Waals surface area contributed by atoms with E-state index in [0.29, 0.717) is 12.6 Å². The van der Waals surface area contributed by atoms with E-state index in [9.17, 15) is 31.2 Å². The number of hydrogen-bond donors (Lipinski definition) is 1. The highest BCUT2D eigenvalue weighted by Gasteiger charge is 2.31. The summed E-state index contributed by atoms with van der Waals surface area (Å²) >= 11 is 0. The van der Waals surface area contributed by atoms with Gasteiger partial charge in [-0.15, -0.1) is 0 Å². The van der Waals surface area contributed by atoms with E-state index in [4.69, 9.17) is 0 Å². The summed E-state index contributed by atoms with van der Waals surface area (Å²) in [5, 5.41) is 0. The molecule has 0 saturated heterocycles. The zero-order valence-electron chi connectivity index (χ0n) is 17.6. The highest BCUT2D eigenvalue weighted by atomic mass is 32.2. The first kappa shape index (κ1) is 25.2. The highest BCUT2D eigenvalue weighted by Crippen LogP contribution is 2.31. The van der Waals surface area contributed by atoms with Crippen LogP contribution in [0.25, 0.3) is 0 Å². The van der Waals surface area contributed by atoms with Crippen molar-refractivity contribution in [2.45, 2.75) is 24.9 Å². The summed E-state index contributed by atoms with van der Waals surface area (Å²) < 4.78 is 70.4. The zero-order valence-corrected chi connectivity index (χ0v) is 18.5. The normalized spacial score (nSPS) is 12.7. The van der Waals surface area contributed by atoms with Gasteiger partial charge in [0.2, 0.25) is 0 Å². The Bertz CT molecular complexity index is 1070. The standard InChI is InChI=1S/C21H23F3N2O5S/c1-4-26(13-14(2)20(28)31-3)19(27)15-8-10-18(11-9-15)32(29,30)25-17-7-5-6-16(12-17)21(22,23)24/h5-12,14,25H,4,13H2,1-3H3. The number of esters is 1. The molecule has 0 fully saturated rings. The second-order valence-corrected chi connectivity index (χ2v) is 8.66. The van der Waals surface area contributed by atoms with E-state index in [1.54, 1.807) is 13.8 Å². The Kier molecular flexibility index (Phi) is 7.89. The summed E-state index contributed by atoms with van der Waals surface area (Å²) in [4.78, 5) is 25.5. The minimum Gasteiger partial charge on any atom is -0.469 e. The van der Waals surface area contributed by atoms with E-state index in [2.05, 4.69) is 9.46 Å². The average Bonchev–Trinajstić information content (AvgIpc) is 2.75. The molecule has 32 heavy (non-hydrogen) atoms. The third kappa shape index (κ3) is 6.22.